The van der Waals surface area contributed by atoms with Crippen molar-refractivity contribution in [3.8, 4) is 11.5 Å². The number of ether oxygens (including phenoxy) is 2. The monoisotopic (exact) mass is 390 g/mol. The molecule has 0 unspecified atom stereocenters. The molecule has 0 heterocycles. The summed E-state index contributed by atoms with van der Waals surface area (Å²) in [6.45, 7) is 6.32. The quantitative estimate of drug-likeness (QED) is 0.427. The number of carbonyl (C=O) groups is 2. The van der Waals surface area contributed by atoms with Crippen molar-refractivity contribution < 1.29 is 19.1 Å². The number of hydrogen-bond acceptors (Lipinski definition) is 4. The number of halogens is 1. The minimum absolute atomic E-state index is 0.0132. The van der Waals surface area contributed by atoms with Gasteiger partial charge in [0.1, 0.15) is 6.29 Å². The molecule has 2 rings (SSSR count). The van der Waals surface area contributed by atoms with E-state index in [2.05, 4.69) is 36.7 Å². The van der Waals surface area contributed by atoms with Crippen molar-refractivity contribution in [3.05, 3.63) is 57.6 Å². The Hall–Kier alpha value is -2.14. The molecule has 0 radical (unpaired) electrons. The molecule has 126 valence electrons. The van der Waals surface area contributed by atoms with Gasteiger partial charge in [0.25, 0.3) is 0 Å². The maximum atomic E-state index is 12.4. The van der Waals surface area contributed by atoms with Gasteiger partial charge in [-0.15, -0.1) is 0 Å². The van der Waals surface area contributed by atoms with Crippen LogP contribution in [0.5, 0.6) is 11.5 Å². The lowest BCUT2D eigenvalue weighted by Gasteiger charge is -2.19. The highest BCUT2D eigenvalue weighted by molar-refractivity contribution is 9.10. The third-order valence-electron chi connectivity index (χ3n) is 3.57. The Morgan fingerprint density at radius 2 is 1.75 bits per heavy atom. The standard InChI is InChI=1S/C19H19BrO4/c1-19(2,3)14-7-5-13(6-8-14)18(22)24-17-15(20)9-12(11-21)10-16(17)23-4/h5-11H,1-4H3. The topological polar surface area (TPSA) is 52.6 Å². The van der Waals surface area contributed by atoms with Gasteiger partial charge in [-0.05, 0) is 51.2 Å². The van der Waals surface area contributed by atoms with E-state index in [1.54, 1.807) is 18.2 Å². The molecule has 4 nitrogen and oxygen atoms in total. The van der Waals surface area contributed by atoms with Crippen LogP contribution < -0.4 is 9.47 Å². The third kappa shape index (κ3) is 4.03. The first-order valence-corrected chi connectivity index (χ1v) is 8.21. The molecule has 0 bridgehead atoms. The molecule has 0 fully saturated rings. The summed E-state index contributed by atoms with van der Waals surface area (Å²) in [6.07, 6.45) is 0.699. The molecular formula is C19H19BrO4. The molecule has 0 aliphatic carbocycles. The molecule has 0 saturated heterocycles. The molecule has 24 heavy (non-hydrogen) atoms. The summed E-state index contributed by atoms with van der Waals surface area (Å²) in [5.41, 5.74) is 2.01. The summed E-state index contributed by atoms with van der Waals surface area (Å²) < 4.78 is 11.1. The van der Waals surface area contributed by atoms with E-state index in [9.17, 15) is 9.59 Å². The van der Waals surface area contributed by atoms with Crippen molar-refractivity contribution in [2.45, 2.75) is 26.2 Å². The Balaban J connectivity index is 2.28. The molecular weight excluding hydrogens is 372 g/mol. The Morgan fingerprint density at radius 3 is 2.25 bits per heavy atom. The number of benzene rings is 2. The van der Waals surface area contributed by atoms with Gasteiger partial charge >= 0.3 is 5.97 Å². The fourth-order valence-corrected chi connectivity index (χ4v) is 2.71. The Morgan fingerprint density at radius 1 is 1.12 bits per heavy atom. The maximum Gasteiger partial charge on any atom is 0.343 e. The number of methoxy groups -OCH3 is 1. The van der Waals surface area contributed by atoms with Gasteiger partial charge < -0.3 is 9.47 Å². The number of hydrogen-bond donors (Lipinski definition) is 0. The number of rotatable bonds is 4. The van der Waals surface area contributed by atoms with Crippen LogP contribution in [-0.4, -0.2) is 19.4 Å². The van der Waals surface area contributed by atoms with Crippen LogP contribution in [0.1, 0.15) is 47.1 Å². The van der Waals surface area contributed by atoms with E-state index in [0.717, 1.165) is 5.56 Å². The van der Waals surface area contributed by atoms with Gasteiger partial charge in [0.2, 0.25) is 0 Å². The van der Waals surface area contributed by atoms with E-state index in [4.69, 9.17) is 9.47 Å². The van der Waals surface area contributed by atoms with Gasteiger partial charge in [-0.3, -0.25) is 4.79 Å². The average molecular weight is 391 g/mol. The number of esters is 1. The lowest BCUT2D eigenvalue weighted by Crippen LogP contribution is -2.13. The smallest absolute Gasteiger partial charge is 0.343 e. The van der Waals surface area contributed by atoms with Crippen LogP contribution in [0, 0.1) is 0 Å². The largest absolute Gasteiger partial charge is 0.493 e. The highest BCUT2D eigenvalue weighted by Gasteiger charge is 2.18. The number of aldehydes is 1. The second kappa shape index (κ2) is 7.18. The van der Waals surface area contributed by atoms with E-state index >= 15 is 0 Å². The second-order valence-electron chi connectivity index (χ2n) is 6.37. The molecule has 0 N–H and O–H groups in total. The molecule has 0 aromatic heterocycles. The van der Waals surface area contributed by atoms with Crippen molar-refractivity contribution in [3.63, 3.8) is 0 Å². The van der Waals surface area contributed by atoms with Crippen molar-refractivity contribution in [1.29, 1.82) is 0 Å². The van der Waals surface area contributed by atoms with Crippen LogP contribution in [0.3, 0.4) is 0 Å². The van der Waals surface area contributed by atoms with Crippen LogP contribution in [0.4, 0.5) is 0 Å². The van der Waals surface area contributed by atoms with Gasteiger partial charge in [0, 0.05) is 5.56 Å². The zero-order chi connectivity index (χ0) is 17.9. The molecule has 2 aromatic carbocycles. The fraction of sp³-hybridized carbons (Fsp3) is 0.263. The third-order valence-corrected chi connectivity index (χ3v) is 4.16. The van der Waals surface area contributed by atoms with E-state index in [1.807, 2.05) is 12.1 Å². The average Bonchev–Trinajstić information content (AvgIpc) is 2.55. The maximum absolute atomic E-state index is 12.4. The van der Waals surface area contributed by atoms with Gasteiger partial charge in [0.15, 0.2) is 11.5 Å². The zero-order valence-corrected chi connectivity index (χ0v) is 15.6. The van der Waals surface area contributed by atoms with Crippen molar-refractivity contribution in [2.75, 3.05) is 7.11 Å². The lowest BCUT2D eigenvalue weighted by atomic mass is 9.87. The van der Waals surface area contributed by atoms with E-state index in [1.165, 1.54) is 13.2 Å². The second-order valence-corrected chi connectivity index (χ2v) is 7.22. The van der Waals surface area contributed by atoms with Gasteiger partial charge in [0.05, 0.1) is 17.1 Å². The number of carbonyl (C=O) groups excluding carboxylic acids is 2. The molecule has 0 atom stereocenters. The van der Waals surface area contributed by atoms with Crippen LogP contribution in [0.2, 0.25) is 0 Å². The summed E-state index contributed by atoms with van der Waals surface area (Å²) in [4.78, 5) is 23.3. The van der Waals surface area contributed by atoms with Crippen molar-refractivity contribution >= 4 is 28.2 Å². The van der Waals surface area contributed by atoms with Crippen LogP contribution in [0.15, 0.2) is 40.9 Å². The van der Waals surface area contributed by atoms with Gasteiger partial charge in [-0.25, -0.2) is 4.79 Å². The van der Waals surface area contributed by atoms with Gasteiger partial charge in [-0.1, -0.05) is 32.9 Å². The van der Waals surface area contributed by atoms with Crippen LogP contribution in [0.25, 0.3) is 0 Å². The Bertz CT molecular complexity index is 758. The molecule has 0 saturated carbocycles. The first-order chi connectivity index (χ1) is 11.3. The van der Waals surface area contributed by atoms with Gasteiger partial charge in [-0.2, -0.15) is 0 Å². The molecule has 0 aliphatic rings. The highest BCUT2D eigenvalue weighted by atomic mass is 79.9. The summed E-state index contributed by atoms with van der Waals surface area (Å²) in [5.74, 6) is 0.0625. The summed E-state index contributed by atoms with van der Waals surface area (Å²) >= 11 is 3.30. The van der Waals surface area contributed by atoms with E-state index < -0.39 is 5.97 Å². The SMILES string of the molecule is COc1cc(C=O)cc(Br)c1OC(=O)c1ccc(C(C)(C)C)cc1. The predicted molar refractivity (Wildman–Crippen MR) is 96.2 cm³/mol. The van der Waals surface area contributed by atoms with Crippen molar-refractivity contribution in [1.82, 2.24) is 0 Å². The molecule has 5 heteroatoms. The summed E-state index contributed by atoms with van der Waals surface area (Å²) in [7, 11) is 1.45. The van der Waals surface area contributed by atoms with E-state index in [-0.39, 0.29) is 11.2 Å². The normalized spacial score (nSPS) is 11.0. The molecule has 0 amide bonds. The van der Waals surface area contributed by atoms with Crippen LogP contribution in [-0.2, 0) is 5.41 Å². The Labute approximate surface area is 149 Å². The van der Waals surface area contributed by atoms with E-state index in [0.29, 0.717) is 27.6 Å². The highest BCUT2D eigenvalue weighted by Crippen LogP contribution is 2.37. The molecule has 0 spiro atoms. The van der Waals surface area contributed by atoms with Crippen LogP contribution >= 0.6 is 15.9 Å². The first kappa shape index (κ1) is 18.2. The fourth-order valence-electron chi connectivity index (χ4n) is 2.16. The lowest BCUT2D eigenvalue weighted by molar-refractivity contribution is 0.0728. The zero-order valence-electron chi connectivity index (χ0n) is 14.1. The Kier molecular flexibility index (Phi) is 5.44. The molecule has 0 aliphatic heterocycles. The minimum atomic E-state index is -0.492. The summed E-state index contributed by atoms with van der Waals surface area (Å²) in [5, 5.41) is 0. The first-order valence-electron chi connectivity index (χ1n) is 7.41. The molecule has 2 aromatic rings. The summed E-state index contributed by atoms with van der Waals surface area (Å²) in [6, 6.07) is 10.4. The predicted octanol–water partition coefficient (Wildman–Crippen LogP) is 4.79. The minimum Gasteiger partial charge on any atom is -0.493 e. The van der Waals surface area contributed by atoms with Crippen molar-refractivity contribution in [2.24, 2.45) is 0 Å².